The van der Waals surface area contributed by atoms with E-state index in [2.05, 4.69) is 39.8 Å². The van der Waals surface area contributed by atoms with Crippen LogP contribution in [0.1, 0.15) is 11.9 Å². The minimum absolute atomic E-state index is 0.951. The monoisotopic (exact) mass is 234 g/mol. The van der Waals surface area contributed by atoms with Crippen molar-refractivity contribution in [2.45, 2.75) is 13.5 Å². The predicted molar refractivity (Wildman–Crippen MR) is 51.8 cm³/mol. The summed E-state index contributed by atoms with van der Waals surface area (Å²) in [5.74, 6) is 0. The largest absolute Gasteiger partial charge is 0.300 e. The zero-order chi connectivity index (χ0) is 8.27. The standard InChI is InChI=1S/C7H11BrN2S/c1-3-10(2)5-7-9-4-6(8)11-7/h4H,3,5H2,1-2H3. The van der Waals surface area contributed by atoms with E-state index in [0.717, 1.165) is 16.9 Å². The third-order valence-electron chi connectivity index (χ3n) is 1.47. The second-order valence-electron chi connectivity index (χ2n) is 2.39. The van der Waals surface area contributed by atoms with Gasteiger partial charge in [0.15, 0.2) is 0 Å². The minimum Gasteiger partial charge on any atom is -0.300 e. The maximum Gasteiger partial charge on any atom is 0.108 e. The van der Waals surface area contributed by atoms with E-state index in [4.69, 9.17) is 0 Å². The van der Waals surface area contributed by atoms with Gasteiger partial charge in [-0.15, -0.1) is 11.3 Å². The zero-order valence-corrected chi connectivity index (χ0v) is 9.07. The molecule has 62 valence electrons. The molecule has 0 saturated heterocycles. The lowest BCUT2D eigenvalue weighted by Gasteiger charge is -2.10. The Kier molecular flexibility index (Phi) is 3.48. The van der Waals surface area contributed by atoms with Crippen LogP contribution in [0.2, 0.25) is 0 Å². The summed E-state index contributed by atoms with van der Waals surface area (Å²) in [4.78, 5) is 6.46. The molecule has 1 aromatic rings. The Morgan fingerprint density at radius 1 is 1.73 bits per heavy atom. The third-order valence-corrected chi connectivity index (χ3v) is 2.93. The first-order chi connectivity index (χ1) is 5.22. The molecule has 0 N–H and O–H groups in total. The van der Waals surface area contributed by atoms with Crippen molar-refractivity contribution in [2.24, 2.45) is 0 Å². The summed E-state index contributed by atoms with van der Waals surface area (Å²) in [6.07, 6.45) is 1.85. The van der Waals surface area contributed by atoms with Crippen molar-refractivity contribution in [3.63, 3.8) is 0 Å². The van der Waals surface area contributed by atoms with E-state index in [9.17, 15) is 0 Å². The van der Waals surface area contributed by atoms with Crippen molar-refractivity contribution in [2.75, 3.05) is 13.6 Å². The Labute approximate surface area is 79.4 Å². The molecule has 0 aromatic carbocycles. The summed E-state index contributed by atoms with van der Waals surface area (Å²) in [6.45, 7) is 4.16. The third kappa shape index (κ3) is 2.89. The van der Waals surface area contributed by atoms with Crippen molar-refractivity contribution in [1.82, 2.24) is 9.88 Å². The van der Waals surface area contributed by atoms with Gasteiger partial charge < -0.3 is 0 Å². The fourth-order valence-corrected chi connectivity index (χ4v) is 2.09. The second kappa shape index (κ2) is 4.18. The summed E-state index contributed by atoms with van der Waals surface area (Å²) >= 11 is 5.08. The normalized spacial score (nSPS) is 10.9. The van der Waals surface area contributed by atoms with Crippen LogP contribution < -0.4 is 0 Å². The van der Waals surface area contributed by atoms with Gasteiger partial charge in [0.1, 0.15) is 5.01 Å². The highest BCUT2D eigenvalue weighted by Crippen LogP contribution is 2.19. The average Bonchev–Trinajstić information content (AvgIpc) is 2.35. The van der Waals surface area contributed by atoms with Crippen LogP contribution in [0.5, 0.6) is 0 Å². The molecule has 0 amide bonds. The van der Waals surface area contributed by atoms with E-state index < -0.39 is 0 Å². The van der Waals surface area contributed by atoms with E-state index in [1.54, 1.807) is 11.3 Å². The summed E-state index contributed by atoms with van der Waals surface area (Å²) in [5, 5.41) is 1.17. The molecule has 0 radical (unpaired) electrons. The van der Waals surface area contributed by atoms with Gasteiger partial charge in [0.2, 0.25) is 0 Å². The molecule has 0 bridgehead atoms. The topological polar surface area (TPSA) is 16.1 Å². The summed E-state index contributed by atoms with van der Waals surface area (Å²) in [7, 11) is 2.09. The molecule has 1 rings (SSSR count). The molecule has 1 aromatic heterocycles. The lowest BCUT2D eigenvalue weighted by molar-refractivity contribution is 0.345. The van der Waals surface area contributed by atoms with Crippen molar-refractivity contribution >= 4 is 27.3 Å². The molecule has 4 heteroatoms. The number of aromatic nitrogens is 1. The Bertz CT molecular complexity index is 224. The molecular weight excluding hydrogens is 224 g/mol. The van der Waals surface area contributed by atoms with Crippen LogP contribution in [-0.4, -0.2) is 23.5 Å². The van der Waals surface area contributed by atoms with Gasteiger partial charge in [-0.05, 0) is 29.5 Å². The van der Waals surface area contributed by atoms with Gasteiger partial charge >= 0.3 is 0 Å². The van der Waals surface area contributed by atoms with Crippen LogP contribution in [0.4, 0.5) is 0 Å². The summed E-state index contributed by atoms with van der Waals surface area (Å²) < 4.78 is 1.11. The van der Waals surface area contributed by atoms with Gasteiger partial charge in [-0.1, -0.05) is 6.92 Å². The average molecular weight is 235 g/mol. The Balaban J connectivity index is 2.50. The van der Waals surface area contributed by atoms with Gasteiger partial charge in [0.05, 0.1) is 16.5 Å². The number of hydrogen-bond acceptors (Lipinski definition) is 3. The smallest absolute Gasteiger partial charge is 0.108 e. The number of thiazole rings is 1. The lowest BCUT2D eigenvalue weighted by atomic mass is 10.5. The molecule has 0 unspecified atom stereocenters. The minimum atomic E-state index is 0.951. The summed E-state index contributed by atoms with van der Waals surface area (Å²) in [6, 6.07) is 0. The highest BCUT2D eigenvalue weighted by atomic mass is 79.9. The first-order valence-electron chi connectivity index (χ1n) is 3.51. The molecule has 0 fully saturated rings. The Hall–Kier alpha value is 0.0700. The molecule has 11 heavy (non-hydrogen) atoms. The SMILES string of the molecule is CCN(C)Cc1ncc(Br)s1. The Morgan fingerprint density at radius 3 is 2.91 bits per heavy atom. The van der Waals surface area contributed by atoms with Gasteiger partial charge in [-0.25, -0.2) is 4.98 Å². The molecule has 0 spiro atoms. The highest BCUT2D eigenvalue weighted by molar-refractivity contribution is 9.11. The molecule has 0 aliphatic heterocycles. The first-order valence-corrected chi connectivity index (χ1v) is 5.12. The fraction of sp³-hybridized carbons (Fsp3) is 0.571. The van der Waals surface area contributed by atoms with Crippen molar-refractivity contribution in [3.05, 3.63) is 15.0 Å². The molecular formula is C7H11BrN2S. The number of hydrogen-bond donors (Lipinski definition) is 0. The van der Waals surface area contributed by atoms with Crippen LogP contribution in [-0.2, 0) is 6.54 Å². The van der Waals surface area contributed by atoms with Gasteiger partial charge in [-0.3, -0.25) is 4.90 Å². The molecule has 0 atom stereocenters. The lowest BCUT2D eigenvalue weighted by Crippen LogP contribution is -2.16. The summed E-state index contributed by atoms with van der Waals surface area (Å²) in [5.41, 5.74) is 0. The predicted octanol–water partition coefficient (Wildman–Crippen LogP) is 2.36. The van der Waals surface area contributed by atoms with Crippen LogP contribution in [0.3, 0.4) is 0 Å². The van der Waals surface area contributed by atoms with E-state index in [1.165, 1.54) is 5.01 Å². The van der Waals surface area contributed by atoms with Crippen molar-refractivity contribution in [1.29, 1.82) is 0 Å². The molecule has 0 aliphatic rings. The van der Waals surface area contributed by atoms with E-state index >= 15 is 0 Å². The van der Waals surface area contributed by atoms with E-state index in [0.29, 0.717) is 0 Å². The van der Waals surface area contributed by atoms with Crippen LogP contribution in [0, 0.1) is 0 Å². The number of halogens is 1. The fourth-order valence-electron chi connectivity index (χ4n) is 0.704. The first kappa shape index (κ1) is 9.16. The van der Waals surface area contributed by atoms with E-state index in [1.807, 2.05) is 6.20 Å². The quantitative estimate of drug-likeness (QED) is 0.799. The van der Waals surface area contributed by atoms with Crippen LogP contribution in [0.15, 0.2) is 9.98 Å². The molecule has 0 saturated carbocycles. The Morgan fingerprint density at radius 2 is 2.45 bits per heavy atom. The zero-order valence-electron chi connectivity index (χ0n) is 6.67. The maximum absolute atomic E-state index is 4.23. The number of nitrogens with zero attached hydrogens (tertiary/aromatic N) is 2. The van der Waals surface area contributed by atoms with Crippen LogP contribution in [0.25, 0.3) is 0 Å². The van der Waals surface area contributed by atoms with Crippen LogP contribution >= 0.6 is 27.3 Å². The molecule has 1 heterocycles. The van der Waals surface area contributed by atoms with Crippen molar-refractivity contribution < 1.29 is 0 Å². The van der Waals surface area contributed by atoms with Gasteiger partial charge in [-0.2, -0.15) is 0 Å². The molecule has 0 aliphatic carbocycles. The van der Waals surface area contributed by atoms with Gasteiger partial charge in [0.25, 0.3) is 0 Å². The van der Waals surface area contributed by atoms with E-state index in [-0.39, 0.29) is 0 Å². The second-order valence-corrected chi connectivity index (χ2v) is 4.88. The van der Waals surface area contributed by atoms with Crippen molar-refractivity contribution in [3.8, 4) is 0 Å². The maximum atomic E-state index is 4.23. The van der Waals surface area contributed by atoms with Gasteiger partial charge in [0, 0.05) is 0 Å². The number of rotatable bonds is 3. The highest BCUT2D eigenvalue weighted by Gasteiger charge is 2.01. The molecule has 2 nitrogen and oxygen atoms in total.